The van der Waals surface area contributed by atoms with Gasteiger partial charge in [0, 0.05) is 6.04 Å². The van der Waals surface area contributed by atoms with E-state index in [4.69, 9.17) is 10.8 Å². The van der Waals surface area contributed by atoms with Gasteiger partial charge in [0.15, 0.2) is 0 Å². The summed E-state index contributed by atoms with van der Waals surface area (Å²) in [4.78, 5) is 35.9. The fourth-order valence-electron chi connectivity index (χ4n) is 2.82. The zero-order chi connectivity index (χ0) is 16.0. The van der Waals surface area contributed by atoms with Crippen molar-refractivity contribution in [2.75, 3.05) is 6.54 Å². The Hall–Kier alpha value is -1.79. The summed E-state index contributed by atoms with van der Waals surface area (Å²) in [5, 5.41) is 11.9. The highest BCUT2D eigenvalue weighted by atomic mass is 16.4. The van der Waals surface area contributed by atoms with Crippen LogP contribution in [0, 0.1) is 0 Å². The zero-order valence-corrected chi connectivity index (χ0v) is 12.7. The van der Waals surface area contributed by atoms with Gasteiger partial charge in [0.1, 0.15) is 6.54 Å². The van der Waals surface area contributed by atoms with Crippen molar-refractivity contribution in [3.8, 4) is 0 Å². The average Bonchev–Trinajstić information content (AvgIpc) is 2.35. The molecule has 1 aliphatic carbocycles. The van der Waals surface area contributed by atoms with Crippen molar-refractivity contribution < 1.29 is 19.5 Å². The van der Waals surface area contributed by atoms with E-state index in [-0.39, 0.29) is 19.0 Å². The molecule has 21 heavy (non-hydrogen) atoms. The van der Waals surface area contributed by atoms with Gasteiger partial charge in [-0.2, -0.15) is 0 Å². The Bertz CT molecular complexity index is 403. The first kappa shape index (κ1) is 17.3. The van der Waals surface area contributed by atoms with Gasteiger partial charge >= 0.3 is 12.0 Å². The number of urea groups is 1. The summed E-state index contributed by atoms with van der Waals surface area (Å²) in [5.74, 6) is -1.52. The second kappa shape index (κ2) is 7.28. The molecule has 0 saturated heterocycles. The predicted molar refractivity (Wildman–Crippen MR) is 77.6 cm³/mol. The standard InChI is InChI=1S/C14H25N3O4/c1-10(2)17(9-11(15)18)13(21)16-14(8-12(19)20)6-4-3-5-7-14/h10H,3-9H2,1-2H3,(H2,15,18)(H,16,21)(H,19,20). The van der Waals surface area contributed by atoms with Crippen LogP contribution in [0.1, 0.15) is 52.4 Å². The number of primary amides is 1. The minimum atomic E-state index is -0.928. The van der Waals surface area contributed by atoms with Crippen molar-refractivity contribution in [3.63, 3.8) is 0 Å². The number of nitrogens with zero attached hydrogens (tertiary/aromatic N) is 1. The zero-order valence-electron chi connectivity index (χ0n) is 12.7. The van der Waals surface area contributed by atoms with Gasteiger partial charge in [-0.1, -0.05) is 19.3 Å². The van der Waals surface area contributed by atoms with Crippen LogP contribution in [0.4, 0.5) is 4.79 Å². The third kappa shape index (κ3) is 5.24. The van der Waals surface area contributed by atoms with Gasteiger partial charge in [0.25, 0.3) is 0 Å². The molecule has 0 bridgehead atoms. The highest BCUT2D eigenvalue weighted by Gasteiger charge is 2.37. The topological polar surface area (TPSA) is 113 Å². The van der Waals surface area contributed by atoms with Crippen LogP contribution in [-0.2, 0) is 9.59 Å². The lowest BCUT2D eigenvalue weighted by Crippen LogP contribution is -2.57. The van der Waals surface area contributed by atoms with Crippen molar-refractivity contribution >= 4 is 17.9 Å². The Morgan fingerprint density at radius 1 is 1.24 bits per heavy atom. The largest absolute Gasteiger partial charge is 0.481 e. The van der Waals surface area contributed by atoms with Crippen LogP contribution in [0.3, 0.4) is 0 Å². The average molecular weight is 299 g/mol. The predicted octanol–water partition coefficient (Wildman–Crippen LogP) is 1.07. The number of aliphatic carboxylic acids is 1. The molecule has 1 rings (SSSR count). The molecule has 0 aliphatic heterocycles. The smallest absolute Gasteiger partial charge is 0.318 e. The van der Waals surface area contributed by atoms with Crippen LogP contribution in [0.5, 0.6) is 0 Å². The number of nitrogens with one attached hydrogen (secondary N) is 1. The van der Waals surface area contributed by atoms with Crippen LogP contribution in [-0.4, -0.2) is 46.0 Å². The second-order valence-corrected chi connectivity index (χ2v) is 6.03. The normalized spacial score (nSPS) is 17.3. The Morgan fingerprint density at radius 3 is 2.24 bits per heavy atom. The van der Waals surface area contributed by atoms with E-state index >= 15 is 0 Å². The number of carboxylic acids is 1. The van der Waals surface area contributed by atoms with Crippen LogP contribution < -0.4 is 11.1 Å². The number of carbonyl (C=O) groups excluding carboxylic acids is 2. The molecule has 0 aromatic heterocycles. The fourth-order valence-corrected chi connectivity index (χ4v) is 2.82. The minimum Gasteiger partial charge on any atom is -0.481 e. The molecule has 4 N–H and O–H groups in total. The molecule has 0 atom stereocenters. The molecule has 3 amide bonds. The lowest BCUT2D eigenvalue weighted by Gasteiger charge is -2.39. The summed E-state index contributed by atoms with van der Waals surface area (Å²) in [6.45, 7) is 3.40. The molecular formula is C14H25N3O4. The number of rotatable bonds is 6. The van der Waals surface area contributed by atoms with Crippen LogP contribution in [0.15, 0.2) is 0 Å². The van der Waals surface area contributed by atoms with E-state index in [1.807, 2.05) is 0 Å². The van der Waals surface area contributed by atoms with Gasteiger partial charge in [0.05, 0.1) is 12.0 Å². The van der Waals surface area contributed by atoms with Crippen molar-refractivity contribution in [2.45, 2.75) is 64.0 Å². The summed E-state index contributed by atoms with van der Waals surface area (Å²) in [5.41, 5.74) is 4.44. The van der Waals surface area contributed by atoms with Gasteiger partial charge in [-0.3, -0.25) is 9.59 Å². The van der Waals surface area contributed by atoms with Crippen LogP contribution in [0.25, 0.3) is 0 Å². The maximum absolute atomic E-state index is 12.4. The van der Waals surface area contributed by atoms with Gasteiger partial charge in [0.2, 0.25) is 5.91 Å². The fraction of sp³-hybridized carbons (Fsp3) is 0.786. The van der Waals surface area contributed by atoms with Crippen molar-refractivity contribution in [1.29, 1.82) is 0 Å². The molecule has 7 heteroatoms. The maximum Gasteiger partial charge on any atom is 0.318 e. The minimum absolute atomic E-state index is 0.0960. The molecule has 0 radical (unpaired) electrons. The summed E-state index contributed by atoms with van der Waals surface area (Å²) in [7, 11) is 0. The number of hydrogen-bond acceptors (Lipinski definition) is 3. The first-order valence-electron chi connectivity index (χ1n) is 7.35. The Balaban J connectivity index is 2.82. The molecule has 120 valence electrons. The quantitative estimate of drug-likeness (QED) is 0.680. The van der Waals surface area contributed by atoms with E-state index in [1.165, 1.54) is 4.90 Å². The number of hydrogen-bond donors (Lipinski definition) is 3. The molecule has 1 saturated carbocycles. The Labute approximate surface area is 124 Å². The number of carbonyl (C=O) groups is 3. The van der Waals surface area contributed by atoms with E-state index in [0.29, 0.717) is 12.8 Å². The molecule has 0 heterocycles. The number of carboxylic acid groups (broad SMARTS) is 1. The SMILES string of the molecule is CC(C)N(CC(N)=O)C(=O)NC1(CC(=O)O)CCCCC1. The monoisotopic (exact) mass is 299 g/mol. The van der Waals surface area contributed by atoms with Crippen LogP contribution in [0.2, 0.25) is 0 Å². The molecular weight excluding hydrogens is 274 g/mol. The van der Waals surface area contributed by atoms with E-state index in [2.05, 4.69) is 5.32 Å². The van der Waals surface area contributed by atoms with Crippen molar-refractivity contribution in [2.24, 2.45) is 5.73 Å². The highest BCUT2D eigenvalue weighted by molar-refractivity contribution is 5.84. The summed E-state index contributed by atoms with van der Waals surface area (Å²) in [6.07, 6.45) is 4.03. The first-order chi connectivity index (χ1) is 9.76. The molecule has 7 nitrogen and oxygen atoms in total. The van der Waals surface area contributed by atoms with E-state index in [0.717, 1.165) is 19.3 Å². The molecule has 0 aromatic carbocycles. The van der Waals surface area contributed by atoms with E-state index < -0.39 is 23.4 Å². The lowest BCUT2D eigenvalue weighted by atomic mass is 9.79. The molecule has 1 aliphatic rings. The third-order valence-electron chi connectivity index (χ3n) is 3.88. The number of amides is 3. The van der Waals surface area contributed by atoms with Gasteiger partial charge in [-0.15, -0.1) is 0 Å². The van der Waals surface area contributed by atoms with E-state index in [9.17, 15) is 14.4 Å². The first-order valence-corrected chi connectivity index (χ1v) is 7.35. The highest BCUT2D eigenvalue weighted by Crippen LogP contribution is 2.31. The molecule has 0 aromatic rings. The Morgan fingerprint density at radius 2 is 1.81 bits per heavy atom. The number of nitrogens with two attached hydrogens (primary N) is 1. The van der Waals surface area contributed by atoms with Gasteiger partial charge < -0.3 is 21.1 Å². The maximum atomic E-state index is 12.4. The van der Waals surface area contributed by atoms with Gasteiger partial charge in [-0.25, -0.2) is 4.79 Å². The Kier molecular flexibility index (Phi) is 5.99. The van der Waals surface area contributed by atoms with Crippen molar-refractivity contribution in [1.82, 2.24) is 10.2 Å². The molecule has 0 unspecified atom stereocenters. The van der Waals surface area contributed by atoms with Crippen LogP contribution >= 0.6 is 0 Å². The second-order valence-electron chi connectivity index (χ2n) is 6.03. The van der Waals surface area contributed by atoms with Crippen molar-refractivity contribution in [3.05, 3.63) is 0 Å². The van der Waals surface area contributed by atoms with Gasteiger partial charge in [-0.05, 0) is 26.7 Å². The third-order valence-corrected chi connectivity index (χ3v) is 3.88. The molecule has 1 fully saturated rings. The molecule has 0 spiro atoms. The van der Waals surface area contributed by atoms with E-state index in [1.54, 1.807) is 13.8 Å². The lowest BCUT2D eigenvalue weighted by molar-refractivity contribution is -0.139. The summed E-state index contributed by atoms with van der Waals surface area (Å²) in [6, 6.07) is -0.616. The summed E-state index contributed by atoms with van der Waals surface area (Å²) >= 11 is 0. The summed E-state index contributed by atoms with van der Waals surface area (Å²) < 4.78 is 0.